The Kier molecular flexibility index (Phi) is 5.96. The van der Waals surface area contributed by atoms with E-state index in [1.807, 2.05) is 30.3 Å². The summed E-state index contributed by atoms with van der Waals surface area (Å²) in [5.74, 6) is -0.245. The van der Waals surface area contributed by atoms with Crippen LogP contribution in [0.4, 0.5) is 0 Å². The van der Waals surface area contributed by atoms with Crippen molar-refractivity contribution in [2.45, 2.75) is 31.8 Å². The molecule has 0 radical (unpaired) electrons. The van der Waals surface area contributed by atoms with Gasteiger partial charge >= 0.3 is 5.97 Å². The molecule has 0 bridgehead atoms. The van der Waals surface area contributed by atoms with Crippen molar-refractivity contribution in [1.82, 2.24) is 5.32 Å². The van der Waals surface area contributed by atoms with Crippen LogP contribution >= 0.6 is 11.3 Å². The summed E-state index contributed by atoms with van der Waals surface area (Å²) in [6.07, 6.45) is 1.88. The van der Waals surface area contributed by atoms with E-state index in [1.54, 1.807) is 11.3 Å². The number of nitrogens with one attached hydrogen (secondary N) is 1. The first kappa shape index (κ1) is 15.7. The third-order valence-electron chi connectivity index (χ3n) is 3.49. The molecule has 2 atom stereocenters. The van der Waals surface area contributed by atoms with Gasteiger partial charge in [-0.2, -0.15) is 0 Å². The summed E-state index contributed by atoms with van der Waals surface area (Å²) in [6, 6.07) is 13.7. The molecule has 0 aliphatic carbocycles. The Morgan fingerprint density at radius 3 is 2.57 bits per heavy atom. The number of carbonyl (C=O) groups excluding carboxylic acids is 1. The molecule has 0 spiro atoms. The third-order valence-corrected chi connectivity index (χ3v) is 4.39. The lowest BCUT2D eigenvalue weighted by atomic mass is 10.0. The maximum absolute atomic E-state index is 12.1. The fraction of sp³-hybridized carbons (Fsp3) is 0.353. The number of methoxy groups -OCH3 is 1. The van der Waals surface area contributed by atoms with Crippen LogP contribution in [0.5, 0.6) is 0 Å². The Balaban J connectivity index is 2.11. The zero-order chi connectivity index (χ0) is 15.1. The molecule has 2 aromatic rings. The third kappa shape index (κ3) is 4.41. The summed E-state index contributed by atoms with van der Waals surface area (Å²) >= 11 is 1.75. The van der Waals surface area contributed by atoms with Crippen molar-refractivity contribution in [3.05, 3.63) is 58.3 Å². The predicted octanol–water partition coefficient (Wildman–Crippen LogP) is 3.57. The minimum atomic E-state index is -0.416. The van der Waals surface area contributed by atoms with Crippen LogP contribution in [-0.2, 0) is 16.0 Å². The average Bonchev–Trinajstić information content (AvgIpc) is 3.04. The highest BCUT2D eigenvalue weighted by atomic mass is 32.1. The summed E-state index contributed by atoms with van der Waals surface area (Å²) in [6.45, 7) is 2.13. The van der Waals surface area contributed by atoms with Gasteiger partial charge in [-0.25, -0.2) is 4.79 Å². The number of thiophene rings is 1. The van der Waals surface area contributed by atoms with Crippen molar-refractivity contribution in [1.29, 1.82) is 0 Å². The number of rotatable bonds is 7. The van der Waals surface area contributed by atoms with E-state index >= 15 is 0 Å². The fourth-order valence-corrected chi connectivity index (χ4v) is 3.08. The van der Waals surface area contributed by atoms with E-state index in [-0.39, 0.29) is 12.0 Å². The van der Waals surface area contributed by atoms with Crippen LogP contribution in [0.2, 0.25) is 0 Å². The van der Waals surface area contributed by atoms with Gasteiger partial charge in [-0.05, 0) is 29.9 Å². The van der Waals surface area contributed by atoms with Crippen molar-refractivity contribution in [2.24, 2.45) is 0 Å². The first-order chi connectivity index (χ1) is 10.2. The molecule has 0 aliphatic rings. The van der Waals surface area contributed by atoms with Crippen molar-refractivity contribution in [2.75, 3.05) is 7.11 Å². The monoisotopic (exact) mass is 303 g/mol. The van der Waals surface area contributed by atoms with Crippen molar-refractivity contribution < 1.29 is 9.53 Å². The highest BCUT2D eigenvalue weighted by molar-refractivity contribution is 7.09. The topological polar surface area (TPSA) is 38.3 Å². The van der Waals surface area contributed by atoms with Crippen LogP contribution < -0.4 is 5.32 Å². The van der Waals surface area contributed by atoms with Crippen LogP contribution in [-0.4, -0.2) is 19.1 Å². The van der Waals surface area contributed by atoms with Crippen LogP contribution in [0.3, 0.4) is 0 Å². The molecule has 0 unspecified atom stereocenters. The minimum absolute atomic E-state index is 0.243. The van der Waals surface area contributed by atoms with Gasteiger partial charge in [-0.15, -0.1) is 11.3 Å². The van der Waals surface area contributed by atoms with Gasteiger partial charge in [0, 0.05) is 10.9 Å². The lowest BCUT2D eigenvalue weighted by Crippen LogP contribution is -2.38. The van der Waals surface area contributed by atoms with Crippen LogP contribution in [0.15, 0.2) is 47.8 Å². The first-order valence-electron chi connectivity index (χ1n) is 7.15. The molecule has 4 heteroatoms. The highest BCUT2D eigenvalue weighted by Gasteiger charge is 2.24. The van der Waals surface area contributed by atoms with Gasteiger partial charge in [0.2, 0.25) is 0 Å². The molecule has 0 fully saturated rings. The Morgan fingerprint density at radius 1 is 1.24 bits per heavy atom. The van der Waals surface area contributed by atoms with Gasteiger partial charge in [0.25, 0.3) is 0 Å². The second-order valence-electron chi connectivity index (χ2n) is 4.92. The molecule has 0 saturated carbocycles. The Labute approximate surface area is 130 Å². The van der Waals surface area contributed by atoms with Gasteiger partial charge < -0.3 is 4.74 Å². The molecular weight excluding hydrogens is 282 g/mol. The molecule has 0 saturated heterocycles. The van der Waals surface area contributed by atoms with Gasteiger partial charge in [-0.3, -0.25) is 5.32 Å². The number of hydrogen-bond donors (Lipinski definition) is 1. The van der Waals surface area contributed by atoms with E-state index in [0.29, 0.717) is 0 Å². The molecule has 112 valence electrons. The molecule has 1 aromatic carbocycles. The van der Waals surface area contributed by atoms with Gasteiger partial charge in [0.15, 0.2) is 0 Å². The first-order valence-corrected chi connectivity index (χ1v) is 8.03. The highest BCUT2D eigenvalue weighted by Crippen LogP contribution is 2.18. The molecule has 1 aromatic heterocycles. The molecule has 3 nitrogen and oxygen atoms in total. The van der Waals surface area contributed by atoms with Crippen LogP contribution in [0, 0.1) is 0 Å². The predicted molar refractivity (Wildman–Crippen MR) is 86.4 cm³/mol. The number of esters is 1. The maximum Gasteiger partial charge on any atom is 0.327 e. The lowest BCUT2D eigenvalue weighted by Gasteiger charge is -2.23. The normalized spacial score (nSPS) is 13.6. The summed E-state index contributed by atoms with van der Waals surface area (Å²) in [5, 5.41) is 5.52. The van der Waals surface area contributed by atoms with E-state index in [1.165, 1.54) is 12.0 Å². The number of hydrogen-bond acceptors (Lipinski definition) is 4. The van der Waals surface area contributed by atoms with E-state index in [0.717, 1.165) is 18.4 Å². The molecule has 21 heavy (non-hydrogen) atoms. The smallest absolute Gasteiger partial charge is 0.327 e. The van der Waals surface area contributed by atoms with Crippen molar-refractivity contribution in [3.8, 4) is 0 Å². The van der Waals surface area contributed by atoms with Crippen LogP contribution in [0.25, 0.3) is 0 Å². The molecular formula is C17H21NO2S. The number of benzene rings is 1. The van der Waals surface area contributed by atoms with E-state index in [4.69, 9.17) is 4.74 Å². The standard InChI is InChI=1S/C17H21NO2S/c1-3-14(12-15-10-7-11-21-15)18-16(17(19)20-2)13-8-5-4-6-9-13/h4-11,14,16,18H,3,12H2,1-2H3/t14-,16+/m0/s1. The van der Waals surface area contributed by atoms with E-state index in [9.17, 15) is 4.79 Å². The molecule has 2 rings (SSSR count). The van der Waals surface area contributed by atoms with Gasteiger partial charge in [-0.1, -0.05) is 43.3 Å². The van der Waals surface area contributed by atoms with Gasteiger partial charge in [0.05, 0.1) is 7.11 Å². The zero-order valence-electron chi connectivity index (χ0n) is 12.4. The Morgan fingerprint density at radius 2 is 2.00 bits per heavy atom. The minimum Gasteiger partial charge on any atom is -0.468 e. The Hall–Kier alpha value is -1.65. The SMILES string of the molecule is CC[C@@H](Cc1cccs1)N[C@@H](C(=O)OC)c1ccccc1. The fourth-order valence-electron chi connectivity index (χ4n) is 2.29. The summed E-state index contributed by atoms with van der Waals surface area (Å²) in [7, 11) is 1.43. The molecule has 1 N–H and O–H groups in total. The zero-order valence-corrected chi connectivity index (χ0v) is 13.2. The van der Waals surface area contributed by atoms with E-state index < -0.39 is 6.04 Å². The number of ether oxygens (including phenoxy) is 1. The van der Waals surface area contributed by atoms with Crippen molar-refractivity contribution >= 4 is 17.3 Å². The average molecular weight is 303 g/mol. The molecule has 1 heterocycles. The summed E-state index contributed by atoms with van der Waals surface area (Å²) in [5.41, 5.74) is 0.939. The summed E-state index contributed by atoms with van der Waals surface area (Å²) in [4.78, 5) is 13.4. The molecule has 0 amide bonds. The Bertz CT molecular complexity index is 539. The number of carbonyl (C=O) groups is 1. The second kappa shape index (κ2) is 7.96. The molecule has 0 aliphatic heterocycles. The quantitative estimate of drug-likeness (QED) is 0.795. The van der Waals surface area contributed by atoms with Gasteiger partial charge in [0.1, 0.15) is 6.04 Å². The lowest BCUT2D eigenvalue weighted by molar-refractivity contribution is -0.143. The van der Waals surface area contributed by atoms with Crippen molar-refractivity contribution in [3.63, 3.8) is 0 Å². The largest absolute Gasteiger partial charge is 0.468 e. The maximum atomic E-state index is 12.1. The second-order valence-corrected chi connectivity index (χ2v) is 5.95. The van der Waals surface area contributed by atoms with Crippen LogP contribution in [0.1, 0.15) is 29.8 Å². The summed E-state index contributed by atoms with van der Waals surface area (Å²) < 4.78 is 4.95. The van der Waals surface area contributed by atoms with E-state index in [2.05, 4.69) is 29.8 Å².